The SMILES string of the molecule is Cc1nc(C)c(CN2CCc3cnc(-c4ccccc4)nc3C2)s1. The van der Waals surface area contributed by atoms with E-state index < -0.39 is 0 Å². The maximum atomic E-state index is 4.84. The fraction of sp³-hybridized carbons (Fsp3) is 0.316. The van der Waals surface area contributed by atoms with Crippen molar-refractivity contribution in [1.29, 1.82) is 0 Å². The maximum absolute atomic E-state index is 4.84. The van der Waals surface area contributed by atoms with Crippen molar-refractivity contribution in [2.75, 3.05) is 6.54 Å². The van der Waals surface area contributed by atoms with Gasteiger partial charge in [0.05, 0.1) is 16.4 Å². The number of aryl methyl sites for hydroxylation is 2. The van der Waals surface area contributed by atoms with Crippen molar-refractivity contribution in [2.24, 2.45) is 0 Å². The van der Waals surface area contributed by atoms with Gasteiger partial charge in [0.25, 0.3) is 0 Å². The molecule has 1 aliphatic heterocycles. The number of hydrogen-bond donors (Lipinski definition) is 0. The van der Waals surface area contributed by atoms with Gasteiger partial charge in [0.15, 0.2) is 5.82 Å². The molecule has 0 radical (unpaired) electrons. The second-order valence-corrected chi connectivity index (χ2v) is 7.52. The van der Waals surface area contributed by atoms with Gasteiger partial charge in [-0.1, -0.05) is 30.3 Å². The quantitative estimate of drug-likeness (QED) is 0.730. The Morgan fingerprint density at radius 3 is 2.71 bits per heavy atom. The molecule has 0 aliphatic carbocycles. The summed E-state index contributed by atoms with van der Waals surface area (Å²) in [4.78, 5) is 17.8. The number of aromatic nitrogens is 3. The molecule has 0 unspecified atom stereocenters. The fourth-order valence-corrected chi connectivity index (χ4v) is 4.12. The predicted octanol–water partition coefficient (Wildman–Crippen LogP) is 3.78. The normalized spacial score (nSPS) is 14.6. The van der Waals surface area contributed by atoms with Gasteiger partial charge in [-0.3, -0.25) is 4.90 Å². The summed E-state index contributed by atoms with van der Waals surface area (Å²) in [5.74, 6) is 0.820. The molecular weight excluding hydrogens is 316 g/mol. The van der Waals surface area contributed by atoms with Gasteiger partial charge in [-0.05, 0) is 25.8 Å². The van der Waals surface area contributed by atoms with Crippen LogP contribution in [0.2, 0.25) is 0 Å². The van der Waals surface area contributed by atoms with E-state index in [1.54, 1.807) is 11.3 Å². The molecule has 1 aromatic carbocycles. The Hall–Kier alpha value is -2.11. The lowest BCUT2D eigenvalue weighted by Crippen LogP contribution is -2.31. The van der Waals surface area contributed by atoms with Crippen molar-refractivity contribution in [3.8, 4) is 11.4 Å². The van der Waals surface area contributed by atoms with Crippen molar-refractivity contribution in [3.05, 3.63) is 63.4 Å². The number of benzene rings is 1. The van der Waals surface area contributed by atoms with Crippen molar-refractivity contribution < 1.29 is 0 Å². The highest BCUT2D eigenvalue weighted by Gasteiger charge is 2.20. The summed E-state index contributed by atoms with van der Waals surface area (Å²) >= 11 is 1.80. The highest BCUT2D eigenvalue weighted by molar-refractivity contribution is 7.11. The first-order valence-electron chi connectivity index (χ1n) is 8.24. The molecule has 0 fully saturated rings. The molecule has 1 aliphatic rings. The van der Waals surface area contributed by atoms with E-state index in [0.717, 1.165) is 53.8 Å². The molecule has 0 amide bonds. The summed E-state index contributed by atoms with van der Waals surface area (Å²) in [6.45, 7) is 7.07. The Morgan fingerprint density at radius 2 is 1.96 bits per heavy atom. The van der Waals surface area contributed by atoms with Crippen molar-refractivity contribution >= 4 is 11.3 Å². The number of hydrogen-bond acceptors (Lipinski definition) is 5. The monoisotopic (exact) mass is 336 g/mol. The van der Waals surface area contributed by atoms with E-state index in [4.69, 9.17) is 4.98 Å². The number of fused-ring (bicyclic) bond motifs is 1. The van der Waals surface area contributed by atoms with E-state index in [1.807, 2.05) is 24.4 Å². The average Bonchev–Trinajstić information content (AvgIpc) is 2.92. The Morgan fingerprint density at radius 1 is 1.12 bits per heavy atom. The first-order chi connectivity index (χ1) is 11.7. The Kier molecular flexibility index (Phi) is 4.12. The predicted molar refractivity (Wildman–Crippen MR) is 96.9 cm³/mol. The summed E-state index contributed by atoms with van der Waals surface area (Å²) < 4.78 is 0. The molecule has 0 N–H and O–H groups in total. The van der Waals surface area contributed by atoms with Gasteiger partial charge in [-0.2, -0.15) is 0 Å². The molecule has 5 heteroatoms. The third-order valence-corrected chi connectivity index (χ3v) is 5.48. The third-order valence-electron chi connectivity index (χ3n) is 4.42. The summed E-state index contributed by atoms with van der Waals surface area (Å²) in [6, 6.07) is 10.2. The van der Waals surface area contributed by atoms with Crippen LogP contribution >= 0.6 is 11.3 Å². The molecular formula is C19H20N4S. The van der Waals surface area contributed by atoms with Crippen LogP contribution in [0.4, 0.5) is 0 Å². The minimum Gasteiger partial charge on any atom is -0.292 e. The minimum atomic E-state index is 0.820. The van der Waals surface area contributed by atoms with Gasteiger partial charge in [0, 0.05) is 36.3 Å². The summed E-state index contributed by atoms with van der Waals surface area (Å²) in [5.41, 5.74) is 4.68. The van der Waals surface area contributed by atoms with Crippen LogP contribution in [0.25, 0.3) is 11.4 Å². The Bertz CT molecular complexity index is 857. The second-order valence-electron chi connectivity index (χ2n) is 6.23. The Labute approximate surface area is 146 Å². The van der Waals surface area contributed by atoms with Crippen LogP contribution in [-0.4, -0.2) is 26.4 Å². The average molecular weight is 336 g/mol. The summed E-state index contributed by atoms with van der Waals surface area (Å²) in [7, 11) is 0. The zero-order chi connectivity index (χ0) is 16.5. The van der Waals surface area contributed by atoms with Gasteiger partial charge >= 0.3 is 0 Å². The molecule has 4 rings (SSSR count). The van der Waals surface area contributed by atoms with E-state index in [1.165, 1.54) is 10.4 Å². The van der Waals surface area contributed by atoms with Crippen molar-refractivity contribution in [1.82, 2.24) is 19.9 Å². The second kappa shape index (κ2) is 6.42. The molecule has 0 bridgehead atoms. The van der Waals surface area contributed by atoms with E-state index >= 15 is 0 Å². The van der Waals surface area contributed by atoms with Gasteiger partial charge in [-0.15, -0.1) is 11.3 Å². The minimum absolute atomic E-state index is 0.820. The highest BCUT2D eigenvalue weighted by Crippen LogP contribution is 2.24. The van der Waals surface area contributed by atoms with Gasteiger partial charge in [-0.25, -0.2) is 15.0 Å². The fourth-order valence-electron chi connectivity index (χ4n) is 3.14. The molecule has 2 aromatic heterocycles. The van der Waals surface area contributed by atoms with E-state index in [9.17, 15) is 0 Å². The molecule has 4 nitrogen and oxygen atoms in total. The third kappa shape index (κ3) is 3.09. The molecule has 122 valence electrons. The number of nitrogens with zero attached hydrogens (tertiary/aromatic N) is 4. The van der Waals surface area contributed by atoms with Crippen LogP contribution in [-0.2, 0) is 19.5 Å². The zero-order valence-corrected chi connectivity index (χ0v) is 14.8. The molecule has 3 heterocycles. The zero-order valence-electron chi connectivity index (χ0n) is 14.0. The Balaban J connectivity index is 1.56. The maximum Gasteiger partial charge on any atom is 0.159 e. The summed E-state index contributed by atoms with van der Waals surface area (Å²) in [6.07, 6.45) is 3.02. The molecule has 0 spiro atoms. The molecule has 0 atom stereocenters. The lowest BCUT2D eigenvalue weighted by Gasteiger charge is -2.27. The van der Waals surface area contributed by atoms with Crippen LogP contribution in [0.5, 0.6) is 0 Å². The molecule has 0 saturated carbocycles. The molecule has 0 saturated heterocycles. The lowest BCUT2D eigenvalue weighted by atomic mass is 10.1. The van der Waals surface area contributed by atoms with E-state index in [-0.39, 0.29) is 0 Å². The largest absolute Gasteiger partial charge is 0.292 e. The van der Waals surface area contributed by atoms with Crippen LogP contribution in [0.1, 0.15) is 26.8 Å². The smallest absolute Gasteiger partial charge is 0.159 e. The standard InChI is InChI=1S/C19H20N4S/c1-13-18(24-14(2)21-13)12-23-9-8-16-10-20-19(22-17(16)11-23)15-6-4-3-5-7-15/h3-7,10H,8-9,11-12H2,1-2H3. The van der Waals surface area contributed by atoms with Crippen LogP contribution in [0, 0.1) is 13.8 Å². The lowest BCUT2D eigenvalue weighted by molar-refractivity contribution is 0.243. The van der Waals surface area contributed by atoms with E-state index in [0.29, 0.717) is 0 Å². The first-order valence-corrected chi connectivity index (χ1v) is 9.06. The summed E-state index contributed by atoms with van der Waals surface area (Å²) in [5, 5.41) is 1.15. The van der Waals surface area contributed by atoms with Crippen LogP contribution < -0.4 is 0 Å². The van der Waals surface area contributed by atoms with Crippen molar-refractivity contribution in [3.63, 3.8) is 0 Å². The van der Waals surface area contributed by atoms with Crippen LogP contribution in [0.15, 0.2) is 36.5 Å². The topological polar surface area (TPSA) is 41.9 Å². The first kappa shape index (κ1) is 15.4. The number of rotatable bonds is 3. The van der Waals surface area contributed by atoms with E-state index in [2.05, 4.69) is 40.8 Å². The van der Waals surface area contributed by atoms with Gasteiger partial charge < -0.3 is 0 Å². The molecule has 3 aromatic rings. The van der Waals surface area contributed by atoms with Crippen LogP contribution in [0.3, 0.4) is 0 Å². The highest BCUT2D eigenvalue weighted by atomic mass is 32.1. The van der Waals surface area contributed by atoms with Gasteiger partial charge in [0.2, 0.25) is 0 Å². The van der Waals surface area contributed by atoms with Crippen molar-refractivity contribution in [2.45, 2.75) is 33.4 Å². The van der Waals surface area contributed by atoms with Gasteiger partial charge in [0.1, 0.15) is 0 Å². The number of thiazole rings is 1. The molecule has 24 heavy (non-hydrogen) atoms.